The number of aryl methyl sites for hydroxylation is 1. The average molecular weight is 288 g/mol. The molecule has 21 heavy (non-hydrogen) atoms. The maximum atomic E-state index is 3.78. The van der Waals surface area contributed by atoms with Crippen LogP contribution in [-0.2, 0) is 0 Å². The van der Waals surface area contributed by atoms with E-state index in [0.29, 0.717) is 6.04 Å². The Morgan fingerprint density at radius 2 is 1.95 bits per heavy atom. The number of anilines is 2. The quantitative estimate of drug-likeness (QED) is 0.747. The first-order chi connectivity index (χ1) is 10.1. The van der Waals surface area contributed by atoms with Crippen LogP contribution in [-0.4, -0.2) is 20.1 Å². The molecule has 118 valence electrons. The second-order valence-electron chi connectivity index (χ2n) is 6.90. The molecule has 0 amide bonds. The van der Waals surface area contributed by atoms with Gasteiger partial charge in [0.25, 0.3) is 0 Å². The van der Waals surface area contributed by atoms with Gasteiger partial charge in [-0.3, -0.25) is 0 Å². The lowest BCUT2D eigenvalue weighted by molar-refractivity contribution is 0.422. The lowest BCUT2D eigenvalue weighted by atomic mass is 9.95. The van der Waals surface area contributed by atoms with E-state index in [1.165, 1.54) is 61.9 Å². The molecule has 1 fully saturated rings. The van der Waals surface area contributed by atoms with Crippen molar-refractivity contribution in [2.45, 2.75) is 64.8 Å². The van der Waals surface area contributed by atoms with Gasteiger partial charge in [0.2, 0.25) is 0 Å². The zero-order valence-electron chi connectivity index (χ0n) is 14.3. The van der Waals surface area contributed by atoms with E-state index in [2.05, 4.69) is 56.4 Å². The Balaban J connectivity index is 1.97. The van der Waals surface area contributed by atoms with Crippen LogP contribution in [0.3, 0.4) is 0 Å². The third-order valence-corrected chi connectivity index (χ3v) is 4.85. The van der Waals surface area contributed by atoms with Crippen LogP contribution in [0.1, 0.15) is 57.4 Å². The Morgan fingerprint density at radius 3 is 2.67 bits per heavy atom. The lowest BCUT2D eigenvalue weighted by Gasteiger charge is -2.21. The fourth-order valence-corrected chi connectivity index (χ4v) is 3.64. The predicted molar refractivity (Wildman–Crippen MR) is 94.4 cm³/mol. The third kappa shape index (κ3) is 4.66. The smallest absolute Gasteiger partial charge is 0.0411 e. The molecule has 2 nitrogen and oxygen atoms in total. The first-order valence-electron chi connectivity index (χ1n) is 8.64. The number of nitrogens with zero attached hydrogens (tertiary/aromatic N) is 1. The van der Waals surface area contributed by atoms with Gasteiger partial charge in [0.1, 0.15) is 0 Å². The molecule has 1 aromatic carbocycles. The molecule has 0 aliphatic heterocycles. The number of nitrogens with one attached hydrogen (secondary N) is 1. The molecule has 1 N–H and O–H groups in total. The summed E-state index contributed by atoms with van der Waals surface area (Å²) in [4.78, 5) is 2.20. The fraction of sp³-hybridized carbons (Fsp3) is 0.684. The predicted octanol–water partition coefficient (Wildman–Crippen LogP) is 5.22. The van der Waals surface area contributed by atoms with Gasteiger partial charge in [-0.05, 0) is 49.8 Å². The van der Waals surface area contributed by atoms with Crippen molar-refractivity contribution in [3.8, 4) is 0 Å². The second kappa shape index (κ2) is 7.72. The molecule has 0 heterocycles. The van der Waals surface area contributed by atoms with Crippen LogP contribution in [0.5, 0.6) is 0 Å². The van der Waals surface area contributed by atoms with E-state index in [1.807, 2.05) is 0 Å². The Kier molecular flexibility index (Phi) is 5.96. The van der Waals surface area contributed by atoms with E-state index in [1.54, 1.807) is 0 Å². The molecule has 2 unspecified atom stereocenters. The third-order valence-electron chi connectivity index (χ3n) is 4.85. The van der Waals surface area contributed by atoms with Crippen LogP contribution < -0.4 is 10.2 Å². The monoisotopic (exact) mass is 288 g/mol. The van der Waals surface area contributed by atoms with Crippen LogP contribution in [0.25, 0.3) is 0 Å². The minimum atomic E-state index is 0.657. The molecule has 0 spiro atoms. The van der Waals surface area contributed by atoms with Crippen LogP contribution in [0, 0.1) is 12.8 Å². The minimum absolute atomic E-state index is 0.657. The first-order valence-corrected chi connectivity index (χ1v) is 8.64. The summed E-state index contributed by atoms with van der Waals surface area (Å²) in [6.07, 6.45) is 9.63. The molecule has 0 saturated heterocycles. The largest absolute Gasteiger partial charge is 0.382 e. The van der Waals surface area contributed by atoms with E-state index in [0.717, 1.165) is 5.92 Å². The maximum absolute atomic E-state index is 3.78. The molecule has 0 aromatic heterocycles. The summed E-state index contributed by atoms with van der Waals surface area (Å²) in [6, 6.07) is 7.42. The average Bonchev–Trinajstić information content (AvgIpc) is 2.67. The van der Waals surface area contributed by atoms with Crippen molar-refractivity contribution in [2.24, 2.45) is 5.92 Å². The molecular weight excluding hydrogens is 256 g/mol. The number of hydrogen-bond donors (Lipinski definition) is 1. The molecule has 1 saturated carbocycles. The lowest BCUT2D eigenvalue weighted by Crippen LogP contribution is -2.19. The molecule has 1 aromatic rings. The van der Waals surface area contributed by atoms with Gasteiger partial charge in [0.15, 0.2) is 0 Å². The Hall–Kier alpha value is -1.18. The van der Waals surface area contributed by atoms with Gasteiger partial charge in [-0.1, -0.05) is 38.7 Å². The van der Waals surface area contributed by atoms with Crippen molar-refractivity contribution in [3.63, 3.8) is 0 Å². The van der Waals surface area contributed by atoms with Gasteiger partial charge in [-0.25, -0.2) is 0 Å². The number of benzene rings is 1. The van der Waals surface area contributed by atoms with Crippen molar-refractivity contribution >= 4 is 11.4 Å². The highest BCUT2D eigenvalue weighted by molar-refractivity contribution is 5.62. The normalized spacial score (nSPS) is 22.7. The molecule has 2 atom stereocenters. The Labute approximate surface area is 130 Å². The highest BCUT2D eigenvalue weighted by Gasteiger charge is 2.18. The summed E-state index contributed by atoms with van der Waals surface area (Å²) in [7, 11) is 4.24. The van der Waals surface area contributed by atoms with E-state index >= 15 is 0 Å². The van der Waals surface area contributed by atoms with Crippen LogP contribution in [0.2, 0.25) is 0 Å². The van der Waals surface area contributed by atoms with Crippen molar-refractivity contribution in [1.82, 2.24) is 0 Å². The van der Waals surface area contributed by atoms with E-state index in [9.17, 15) is 0 Å². The summed E-state index contributed by atoms with van der Waals surface area (Å²) >= 11 is 0. The molecule has 2 rings (SSSR count). The Bertz CT molecular complexity index is 439. The van der Waals surface area contributed by atoms with Gasteiger partial charge in [-0.15, -0.1) is 0 Å². The second-order valence-corrected chi connectivity index (χ2v) is 6.90. The molecular formula is C19H32N2. The Morgan fingerprint density at radius 1 is 1.14 bits per heavy atom. The van der Waals surface area contributed by atoms with Crippen LogP contribution >= 0.6 is 0 Å². The van der Waals surface area contributed by atoms with Crippen LogP contribution in [0.4, 0.5) is 11.4 Å². The van der Waals surface area contributed by atoms with Crippen molar-refractivity contribution in [3.05, 3.63) is 23.8 Å². The highest BCUT2D eigenvalue weighted by Crippen LogP contribution is 2.29. The summed E-state index contributed by atoms with van der Waals surface area (Å²) < 4.78 is 0. The van der Waals surface area contributed by atoms with Crippen LogP contribution in [0.15, 0.2) is 18.2 Å². The van der Waals surface area contributed by atoms with Gasteiger partial charge in [-0.2, -0.15) is 0 Å². The number of hydrogen-bond acceptors (Lipinski definition) is 2. The van der Waals surface area contributed by atoms with Gasteiger partial charge < -0.3 is 10.2 Å². The van der Waals surface area contributed by atoms with Crippen molar-refractivity contribution in [2.75, 3.05) is 24.3 Å². The van der Waals surface area contributed by atoms with Gasteiger partial charge in [0.05, 0.1) is 0 Å². The van der Waals surface area contributed by atoms with E-state index < -0.39 is 0 Å². The van der Waals surface area contributed by atoms with E-state index in [-0.39, 0.29) is 0 Å². The zero-order valence-corrected chi connectivity index (χ0v) is 14.3. The van der Waals surface area contributed by atoms with E-state index in [4.69, 9.17) is 0 Å². The topological polar surface area (TPSA) is 15.3 Å². The summed E-state index contributed by atoms with van der Waals surface area (Å²) in [5.41, 5.74) is 3.94. The summed E-state index contributed by atoms with van der Waals surface area (Å²) in [6.45, 7) is 4.50. The molecule has 0 bridgehead atoms. The maximum Gasteiger partial charge on any atom is 0.0411 e. The van der Waals surface area contributed by atoms with Gasteiger partial charge >= 0.3 is 0 Å². The number of rotatable bonds is 5. The highest BCUT2D eigenvalue weighted by atomic mass is 15.1. The fourth-order valence-electron chi connectivity index (χ4n) is 3.64. The van der Waals surface area contributed by atoms with Crippen molar-refractivity contribution in [1.29, 1.82) is 0 Å². The molecule has 0 radical (unpaired) electrons. The molecule has 1 aliphatic rings. The molecule has 1 aliphatic carbocycles. The minimum Gasteiger partial charge on any atom is -0.382 e. The standard InChI is InChI=1S/C19H32N2/c1-5-7-16-8-6-9-17(13-11-16)20-18-12-10-15(2)19(14-18)21(3)4/h10,12,14,16-17,20H,5-9,11,13H2,1-4H3. The molecule has 2 heteroatoms. The first kappa shape index (κ1) is 16.2. The SMILES string of the molecule is CCCC1CCCC(Nc2ccc(C)c(N(C)C)c2)CC1. The zero-order chi connectivity index (χ0) is 15.2. The summed E-state index contributed by atoms with van der Waals surface area (Å²) in [5.74, 6) is 0.970. The van der Waals surface area contributed by atoms with Gasteiger partial charge in [0, 0.05) is 31.5 Å². The summed E-state index contributed by atoms with van der Waals surface area (Å²) in [5, 5.41) is 3.78. The van der Waals surface area contributed by atoms with Crippen molar-refractivity contribution < 1.29 is 0 Å².